The summed E-state index contributed by atoms with van der Waals surface area (Å²) in [5, 5.41) is 4.49. The van der Waals surface area contributed by atoms with Crippen LogP contribution in [0.2, 0.25) is 10.0 Å². The number of nitrogens with zero attached hydrogens (tertiary/aromatic N) is 1. The highest BCUT2D eigenvalue weighted by Gasteiger charge is 2.15. The number of benzene rings is 3. The van der Waals surface area contributed by atoms with Crippen LogP contribution in [0.4, 0.5) is 5.69 Å². The molecular weight excluding hydrogens is 407 g/mol. The van der Waals surface area contributed by atoms with Crippen LogP contribution < -0.4 is 10.1 Å². The normalized spacial score (nSPS) is 10.7. The number of hydrogen-bond acceptors (Lipinski definition) is 3. The molecule has 4 rings (SSSR count). The average Bonchev–Trinajstić information content (AvgIpc) is 2.75. The first-order valence-electron chi connectivity index (χ1n) is 8.86. The predicted molar refractivity (Wildman–Crippen MR) is 118 cm³/mol. The van der Waals surface area contributed by atoms with E-state index < -0.39 is 0 Å². The zero-order chi connectivity index (χ0) is 20.4. The fourth-order valence-electron chi connectivity index (χ4n) is 3.07. The number of para-hydroxylation sites is 1. The van der Waals surface area contributed by atoms with Crippen LogP contribution in [0, 0.1) is 0 Å². The molecule has 0 radical (unpaired) electrons. The number of carbonyl (C=O) groups is 1. The largest absolute Gasteiger partial charge is 0.497 e. The molecule has 0 atom stereocenters. The zero-order valence-electron chi connectivity index (χ0n) is 15.4. The standard InChI is InChI=1S/C23H16Cl2N2O2/c1-29-16-6-4-5-14(11-16)22-13-18(17-7-2-3-8-20(17)26-22)23(28)27-21-10-9-15(24)12-19(21)25/h2-13H,1H3,(H,27,28). The van der Waals surface area contributed by atoms with Gasteiger partial charge in [-0.05, 0) is 42.5 Å². The number of halogens is 2. The molecule has 144 valence electrons. The van der Waals surface area contributed by atoms with Gasteiger partial charge in [0.05, 0.1) is 34.6 Å². The SMILES string of the molecule is COc1cccc(-c2cc(C(=O)Nc3ccc(Cl)cc3Cl)c3ccccc3n2)c1. The lowest BCUT2D eigenvalue weighted by molar-refractivity contribution is 0.102. The molecule has 29 heavy (non-hydrogen) atoms. The minimum Gasteiger partial charge on any atom is -0.497 e. The molecule has 3 aromatic carbocycles. The van der Waals surface area contributed by atoms with Gasteiger partial charge in [-0.3, -0.25) is 4.79 Å². The van der Waals surface area contributed by atoms with Gasteiger partial charge in [0.2, 0.25) is 0 Å². The first kappa shape index (κ1) is 19.2. The fourth-order valence-corrected chi connectivity index (χ4v) is 3.53. The summed E-state index contributed by atoms with van der Waals surface area (Å²) >= 11 is 12.2. The smallest absolute Gasteiger partial charge is 0.256 e. The Labute approximate surface area is 178 Å². The third-order valence-corrected chi connectivity index (χ3v) is 5.05. The van der Waals surface area contributed by atoms with Gasteiger partial charge in [-0.1, -0.05) is 53.5 Å². The van der Waals surface area contributed by atoms with E-state index in [0.717, 1.165) is 22.2 Å². The second-order valence-electron chi connectivity index (χ2n) is 6.38. The Morgan fingerprint density at radius 1 is 0.966 bits per heavy atom. The Balaban J connectivity index is 1.81. The molecule has 4 aromatic rings. The van der Waals surface area contributed by atoms with Crippen LogP contribution in [0.25, 0.3) is 22.2 Å². The Morgan fingerprint density at radius 3 is 2.59 bits per heavy atom. The zero-order valence-corrected chi connectivity index (χ0v) is 17.0. The number of hydrogen-bond donors (Lipinski definition) is 1. The van der Waals surface area contributed by atoms with Gasteiger partial charge in [-0.2, -0.15) is 0 Å². The summed E-state index contributed by atoms with van der Waals surface area (Å²) in [5.41, 5.74) is 3.24. The number of rotatable bonds is 4. The number of methoxy groups -OCH3 is 1. The van der Waals surface area contributed by atoms with Crippen molar-refractivity contribution in [1.82, 2.24) is 4.98 Å². The van der Waals surface area contributed by atoms with Crippen molar-refractivity contribution in [3.63, 3.8) is 0 Å². The molecule has 0 bridgehead atoms. The second kappa shape index (κ2) is 8.11. The van der Waals surface area contributed by atoms with E-state index in [2.05, 4.69) is 5.32 Å². The van der Waals surface area contributed by atoms with Crippen LogP contribution in [0.1, 0.15) is 10.4 Å². The molecule has 4 nitrogen and oxygen atoms in total. The molecule has 0 aliphatic carbocycles. The molecule has 0 saturated carbocycles. The van der Waals surface area contributed by atoms with Crippen molar-refractivity contribution >= 4 is 45.7 Å². The summed E-state index contributed by atoms with van der Waals surface area (Å²) in [7, 11) is 1.61. The van der Waals surface area contributed by atoms with Crippen molar-refractivity contribution in [3.05, 3.63) is 88.4 Å². The molecule has 0 saturated heterocycles. The number of fused-ring (bicyclic) bond motifs is 1. The van der Waals surface area contributed by atoms with Gasteiger partial charge < -0.3 is 10.1 Å². The predicted octanol–water partition coefficient (Wildman–Crippen LogP) is 6.47. The van der Waals surface area contributed by atoms with Crippen molar-refractivity contribution in [1.29, 1.82) is 0 Å². The minimum atomic E-state index is -0.281. The molecule has 0 fully saturated rings. The monoisotopic (exact) mass is 422 g/mol. The van der Waals surface area contributed by atoms with Gasteiger partial charge in [-0.25, -0.2) is 4.98 Å². The molecule has 1 aromatic heterocycles. The van der Waals surface area contributed by atoms with E-state index >= 15 is 0 Å². The van der Waals surface area contributed by atoms with Gasteiger partial charge in [0.1, 0.15) is 5.75 Å². The van der Waals surface area contributed by atoms with E-state index in [-0.39, 0.29) is 5.91 Å². The van der Waals surface area contributed by atoms with E-state index in [1.165, 1.54) is 0 Å². The number of pyridine rings is 1. The van der Waals surface area contributed by atoms with E-state index in [9.17, 15) is 4.79 Å². The Hall–Kier alpha value is -3.08. The van der Waals surface area contributed by atoms with E-state index in [0.29, 0.717) is 27.0 Å². The van der Waals surface area contributed by atoms with E-state index in [1.54, 1.807) is 31.4 Å². The Kier molecular flexibility index (Phi) is 5.38. The van der Waals surface area contributed by atoms with Crippen LogP contribution in [-0.2, 0) is 0 Å². The van der Waals surface area contributed by atoms with Crippen LogP contribution in [0.5, 0.6) is 5.75 Å². The van der Waals surface area contributed by atoms with Crippen LogP contribution >= 0.6 is 23.2 Å². The van der Waals surface area contributed by atoms with Crippen molar-refractivity contribution in [2.45, 2.75) is 0 Å². The fraction of sp³-hybridized carbons (Fsp3) is 0.0435. The summed E-state index contributed by atoms with van der Waals surface area (Å²) < 4.78 is 5.31. The second-order valence-corrected chi connectivity index (χ2v) is 7.23. The number of ether oxygens (including phenoxy) is 1. The van der Waals surface area contributed by atoms with Gasteiger partial charge in [0, 0.05) is 16.0 Å². The summed E-state index contributed by atoms with van der Waals surface area (Å²) in [6, 6.07) is 21.8. The van der Waals surface area contributed by atoms with Gasteiger partial charge in [0.15, 0.2) is 0 Å². The highest BCUT2D eigenvalue weighted by Crippen LogP contribution is 2.29. The van der Waals surface area contributed by atoms with E-state index in [1.807, 2.05) is 48.5 Å². The lowest BCUT2D eigenvalue weighted by Gasteiger charge is -2.12. The maximum absolute atomic E-state index is 13.1. The summed E-state index contributed by atoms with van der Waals surface area (Å²) in [5.74, 6) is 0.438. The number of aromatic nitrogens is 1. The molecule has 1 heterocycles. The molecule has 1 amide bonds. The quantitative estimate of drug-likeness (QED) is 0.409. The highest BCUT2D eigenvalue weighted by atomic mass is 35.5. The third-order valence-electron chi connectivity index (χ3n) is 4.51. The van der Waals surface area contributed by atoms with Gasteiger partial charge in [0.25, 0.3) is 5.91 Å². The third kappa shape index (κ3) is 4.04. The van der Waals surface area contributed by atoms with Crippen molar-refractivity contribution < 1.29 is 9.53 Å². The van der Waals surface area contributed by atoms with Crippen LogP contribution in [0.3, 0.4) is 0 Å². The Morgan fingerprint density at radius 2 is 1.79 bits per heavy atom. The van der Waals surface area contributed by atoms with Crippen LogP contribution in [-0.4, -0.2) is 18.0 Å². The first-order chi connectivity index (χ1) is 14.0. The molecule has 0 spiro atoms. The molecule has 6 heteroatoms. The number of nitrogens with one attached hydrogen (secondary N) is 1. The average molecular weight is 423 g/mol. The number of amides is 1. The maximum Gasteiger partial charge on any atom is 0.256 e. The number of carbonyl (C=O) groups excluding carboxylic acids is 1. The molecule has 1 N–H and O–H groups in total. The molecule has 0 aliphatic rings. The lowest BCUT2D eigenvalue weighted by Crippen LogP contribution is -2.13. The summed E-state index contributed by atoms with van der Waals surface area (Å²) in [6.07, 6.45) is 0. The molecule has 0 aliphatic heterocycles. The minimum absolute atomic E-state index is 0.281. The molecular formula is C23H16Cl2N2O2. The van der Waals surface area contributed by atoms with Gasteiger partial charge in [-0.15, -0.1) is 0 Å². The van der Waals surface area contributed by atoms with Crippen molar-refractivity contribution in [2.24, 2.45) is 0 Å². The first-order valence-corrected chi connectivity index (χ1v) is 9.61. The van der Waals surface area contributed by atoms with Crippen LogP contribution in [0.15, 0.2) is 72.8 Å². The summed E-state index contributed by atoms with van der Waals surface area (Å²) in [6.45, 7) is 0. The van der Waals surface area contributed by atoms with Gasteiger partial charge >= 0.3 is 0 Å². The van der Waals surface area contributed by atoms with E-state index in [4.69, 9.17) is 32.9 Å². The van der Waals surface area contributed by atoms with Crippen molar-refractivity contribution in [2.75, 3.05) is 12.4 Å². The number of anilines is 1. The maximum atomic E-state index is 13.1. The Bertz CT molecular complexity index is 1220. The summed E-state index contributed by atoms with van der Waals surface area (Å²) in [4.78, 5) is 17.8. The topological polar surface area (TPSA) is 51.2 Å². The highest BCUT2D eigenvalue weighted by molar-refractivity contribution is 6.37. The van der Waals surface area contributed by atoms with Crippen molar-refractivity contribution in [3.8, 4) is 17.0 Å². The molecule has 0 unspecified atom stereocenters. The lowest BCUT2D eigenvalue weighted by atomic mass is 10.0.